The van der Waals surface area contributed by atoms with Crippen LogP contribution in [0, 0.1) is 11.8 Å². The summed E-state index contributed by atoms with van der Waals surface area (Å²) in [5, 5.41) is 73.9. The first-order valence-corrected chi connectivity index (χ1v) is 44.6. The van der Waals surface area contributed by atoms with E-state index in [-0.39, 0.29) is 95.6 Å². The second kappa shape index (κ2) is 57.5. The fraction of sp³-hybridized carbons (Fsp3) is 0.359. The molecule has 0 aromatic heterocycles. The molecular weight excluding hydrogens is 1730 g/mol. The lowest BCUT2D eigenvalue weighted by atomic mass is 9.94. The molecule has 1 saturated carbocycles. The highest BCUT2D eigenvalue weighted by atomic mass is 32.2. The second-order valence-corrected chi connectivity index (χ2v) is 35.3. The number of benzene rings is 7. The number of carbonyl (C=O) groups is 17. The van der Waals surface area contributed by atoms with Crippen molar-refractivity contribution in [1.29, 1.82) is 0 Å². The molecule has 7 aromatic rings. The van der Waals surface area contributed by atoms with E-state index in [2.05, 4.69) is 40.1 Å². The Morgan fingerprint density at radius 2 is 0.736 bits per heavy atom. The number of rotatable bonds is 42. The molecule has 1 aliphatic carbocycles. The van der Waals surface area contributed by atoms with Crippen LogP contribution in [-0.4, -0.2) is 172 Å². The van der Waals surface area contributed by atoms with Gasteiger partial charge in [0.25, 0.3) is 0 Å². The van der Waals surface area contributed by atoms with Crippen LogP contribution in [0.25, 0.3) is 0 Å². The maximum absolute atomic E-state index is 12.2. The molecule has 34 nitrogen and oxygen atoms in total. The van der Waals surface area contributed by atoms with Gasteiger partial charge in [-0.05, 0) is 128 Å². The van der Waals surface area contributed by atoms with Gasteiger partial charge in [0.15, 0.2) is 21.4 Å². The highest BCUT2D eigenvalue weighted by Gasteiger charge is 2.32. The van der Waals surface area contributed by atoms with Crippen LogP contribution in [0.1, 0.15) is 163 Å². The van der Waals surface area contributed by atoms with E-state index in [1.54, 1.807) is 120 Å². The third-order valence-electron chi connectivity index (χ3n) is 18.9. The van der Waals surface area contributed by atoms with Gasteiger partial charge in [0.05, 0.1) is 81.3 Å². The van der Waals surface area contributed by atoms with Gasteiger partial charge in [-0.2, -0.15) is 0 Å². The molecule has 696 valence electrons. The van der Waals surface area contributed by atoms with Gasteiger partial charge in [0.2, 0.25) is 11.6 Å². The number of thioether (sulfide) groups is 1. The van der Waals surface area contributed by atoms with E-state index in [1.807, 2.05) is 48.5 Å². The molecule has 8 rings (SSSR count). The molecule has 0 aliphatic heterocycles. The number of carboxylic acid groups (broad SMARTS) is 7. The van der Waals surface area contributed by atoms with Crippen LogP contribution in [0.5, 0.6) is 0 Å². The normalized spacial score (nSPS) is 13.7. The molecule has 2 unspecified atom stereocenters. The van der Waals surface area contributed by atoms with E-state index < -0.39 is 134 Å². The third kappa shape index (κ3) is 44.8. The molecule has 129 heavy (non-hydrogen) atoms. The highest BCUT2D eigenvalue weighted by molar-refractivity contribution is 8.00. The Morgan fingerprint density at radius 3 is 1.04 bits per heavy atom. The van der Waals surface area contributed by atoms with Crippen molar-refractivity contribution in [2.75, 3.05) is 17.3 Å². The van der Waals surface area contributed by atoms with E-state index in [0.717, 1.165) is 56.7 Å². The lowest BCUT2D eigenvalue weighted by molar-refractivity contribution is -0.437. The summed E-state index contributed by atoms with van der Waals surface area (Å²) in [6, 6.07) is 41.3. The zero-order valence-corrected chi connectivity index (χ0v) is 75.5. The van der Waals surface area contributed by atoms with Gasteiger partial charge in [-0.3, -0.25) is 47.4 Å². The zero-order chi connectivity index (χ0) is 97.7. The van der Waals surface area contributed by atoms with Crippen LogP contribution in [0.4, 0.5) is 0 Å². The molecule has 0 heterocycles. The number of sulfone groups is 1. The van der Waals surface area contributed by atoms with Gasteiger partial charge in [-0.1, -0.05) is 154 Å². The van der Waals surface area contributed by atoms with Gasteiger partial charge in [0.1, 0.15) is 82.7 Å². The van der Waals surface area contributed by atoms with Crippen molar-refractivity contribution in [3.8, 4) is 0 Å². The minimum Gasteiger partial charge on any atom is -0.544 e. The van der Waals surface area contributed by atoms with Gasteiger partial charge < -0.3 is 114 Å². The predicted octanol–water partition coefficient (Wildman–Crippen LogP) is -8.10. The summed E-state index contributed by atoms with van der Waals surface area (Å²) >= 11 is 1.47. The number of aliphatic carboxylic acids is 7. The molecule has 9 atom stereocenters. The Kier molecular flexibility index (Phi) is 50.3. The average Bonchev–Trinajstić information content (AvgIpc) is 0.974. The van der Waals surface area contributed by atoms with Gasteiger partial charge in [-0.15, -0.1) is 11.8 Å². The van der Waals surface area contributed by atoms with Crippen LogP contribution in [-0.2, 0) is 139 Å². The standard InChI is InChI=1S/C15H17NO4.2C14H17NO4.C13H17NO3.C12H15NO5S.C12H15NO4S.C12H15NO3S/c16-12(15(19)20)8-9-4-6-10(7-5-9)14(18)11-2-1-3-13(11)17;1-8(2)12(16)13(17)10-5-3-9(4-6-10)7-11(15)14(18)19;1-2-11(16)8-13(17)10-5-3-9(4-6-10)7-12(15)14(18)19;1-9(15)2-3-10-4-6-11(7-5-10)8-12(14)13(16)17;1-8(14)7-19(17,18)10-4-2-9(3-5-10)6-11(13)12(15)16;1-8(14)7-18(17)10-4-2-9(3-5-10)6-11(13)12(15)16;1-8(14)7-17-10-4-2-9(3-5-10)6-11(13)12(15)16/h4-7,11-12H,1-3,8,16H2,(H,19,20);3-6,8,11H,7,15H2,1-2H3,(H,18,19);3-6,12H,2,7-8,15H2,1H3,(H,18,19);4-7,12H,2-3,8,14H2,1H3,(H,16,17);2-5,11H,6-7,13H2,1H3,(H,15,16);2-5,11H,6-7,13H2,1H3,(H,15,16);2-5,11H,6-7,13H2,1H3,(H,15,16)/t11?,12-;11-;2*12-;11-;11-,18?;11-/m0000000/s1. The van der Waals surface area contributed by atoms with Crippen LogP contribution < -0.4 is 75.9 Å². The van der Waals surface area contributed by atoms with Crippen molar-refractivity contribution >= 4 is 132 Å². The van der Waals surface area contributed by atoms with Crippen molar-refractivity contribution in [3.63, 3.8) is 0 Å². The first kappa shape index (κ1) is 113. The largest absolute Gasteiger partial charge is 0.544 e. The number of carbonyl (C=O) groups excluding carboxylic acids is 17. The lowest BCUT2D eigenvalue weighted by Gasteiger charge is -2.10. The number of carboxylic acids is 7. The molecule has 37 heteroatoms. The number of hydrogen-bond donors (Lipinski definition) is 7. The van der Waals surface area contributed by atoms with Crippen LogP contribution in [0.2, 0.25) is 0 Å². The van der Waals surface area contributed by atoms with Crippen molar-refractivity contribution in [2.45, 2.75) is 195 Å². The quantitative estimate of drug-likeness (QED) is 0.00809. The molecule has 0 bridgehead atoms. The summed E-state index contributed by atoms with van der Waals surface area (Å²) < 4.78 is 35.2. The van der Waals surface area contributed by atoms with Gasteiger partial charge >= 0.3 is 0 Å². The first-order valence-electron chi connectivity index (χ1n) is 40.7. The number of hydrogen-bond acceptors (Lipinski definition) is 28. The summed E-state index contributed by atoms with van der Waals surface area (Å²) in [7, 11) is -4.95. The van der Waals surface area contributed by atoms with Gasteiger partial charge in [-0.25, -0.2) is 8.42 Å². The molecular formula is C92H113N7O27S3. The minimum atomic E-state index is -3.61. The molecule has 0 radical (unpaired) electrons. The van der Waals surface area contributed by atoms with Crippen LogP contribution in [0.3, 0.4) is 0 Å². The van der Waals surface area contributed by atoms with E-state index in [9.17, 15) is 130 Å². The summed E-state index contributed by atoms with van der Waals surface area (Å²) in [6.45, 7) is 10.8. The summed E-state index contributed by atoms with van der Waals surface area (Å²) in [5.41, 5.74) is 32.2. The number of aryl methyl sites for hydroxylation is 1. The molecule has 0 amide bonds. The number of Topliss-reactive ketones (excluding diaryl/α,β-unsaturated/α-hetero) is 10. The van der Waals surface area contributed by atoms with E-state index in [0.29, 0.717) is 71.4 Å². The van der Waals surface area contributed by atoms with E-state index in [4.69, 9.17) is 0 Å². The average molecular weight is 1850 g/mol. The maximum atomic E-state index is 12.2. The van der Waals surface area contributed by atoms with Crippen molar-refractivity contribution in [2.24, 2.45) is 11.8 Å². The zero-order valence-electron chi connectivity index (χ0n) is 73.1. The first-order chi connectivity index (χ1) is 60.3. The smallest absolute Gasteiger partial charge is 0.228 e. The fourth-order valence-electron chi connectivity index (χ4n) is 11.4. The minimum absolute atomic E-state index is 0.00362. The third-order valence-corrected chi connectivity index (χ3v) is 23.3. The van der Waals surface area contributed by atoms with Crippen LogP contribution >= 0.6 is 11.8 Å². The van der Waals surface area contributed by atoms with Crippen molar-refractivity contribution < 1.29 is 170 Å². The summed E-state index contributed by atoms with van der Waals surface area (Å²) in [6.07, 6.45) is 5.33. The molecule has 0 saturated heterocycles. The monoisotopic (exact) mass is 1840 g/mol. The Bertz CT molecular complexity index is 5070. The maximum Gasteiger partial charge on any atom is 0.228 e. The number of quaternary nitrogens is 7. The molecule has 7 aromatic carbocycles. The topological polar surface area (TPSA) is 696 Å². The molecule has 21 N–H and O–H groups in total. The predicted molar refractivity (Wildman–Crippen MR) is 453 cm³/mol. The van der Waals surface area contributed by atoms with Crippen molar-refractivity contribution in [3.05, 3.63) is 231 Å². The fourth-order valence-corrected chi connectivity index (χ4v) is 14.3. The Hall–Kier alpha value is -12.3. The lowest BCUT2D eigenvalue weighted by Crippen LogP contribution is -2.69. The molecule has 1 aliphatic rings. The second-order valence-electron chi connectivity index (χ2n) is 30.8. The SMILES string of the molecule is CC(=O)CCc1ccc(C[C@H]([NH3+])C(=O)[O-])cc1.CC(=O)CS(=O)(=O)c1ccc(C[C@H]([NH3+])C(=O)[O-])cc1.CC(=O)CS(=O)c1ccc(C[C@H]([NH3+])C(=O)[O-])cc1.CC(=O)CSc1ccc(C[C@H]([NH3+])C(=O)[O-])cc1.CC(C)C(=O)C(=O)c1ccc(C[C@H]([NH3+])C(=O)[O-])cc1.CCC(=O)CC(=O)c1ccc(C[C@H]([NH3+])C(=O)[O-])cc1.[NH3+][C@@H](Cc1ccc(C(=O)C2CCCC2=O)cc1)C(=O)[O-]. The summed E-state index contributed by atoms with van der Waals surface area (Å²) in [4.78, 5) is 189. The molecule has 0 spiro atoms. The Morgan fingerprint density at radius 1 is 0.419 bits per heavy atom. The van der Waals surface area contributed by atoms with E-state index >= 15 is 0 Å². The Labute approximate surface area is 753 Å². The Balaban J connectivity index is 0.000000510. The molecule has 1 fully saturated rings. The van der Waals surface area contributed by atoms with Crippen molar-refractivity contribution in [1.82, 2.24) is 0 Å². The summed E-state index contributed by atoms with van der Waals surface area (Å²) in [5.74, 6) is -10.9. The van der Waals surface area contributed by atoms with E-state index in [1.165, 1.54) is 62.0 Å². The van der Waals surface area contributed by atoms with Crippen LogP contribution in [0.15, 0.2) is 185 Å². The van der Waals surface area contributed by atoms with Gasteiger partial charge in [0, 0.05) is 96.6 Å². The number of ketones is 10. The highest BCUT2D eigenvalue weighted by Crippen LogP contribution is 2.26.